The quantitative estimate of drug-likeness (QED) is 0.636. The third kappa shape index (κ3) is 7.10. The summed E-state index contributed by atoms with van der Waals surface area (Å²) in [5.41, 5.74) is 0.859. The summed E-state index contributed by atoms with van der Waals surface area (Å²) < 4.78 is 0.462. The molecule has 3 N–H and O–H groups in total. The van der Waals surface area contributed by atoms with E-state index in [1.54, 1.807) is 0 Å². The van der Waals surface area contributed by atoms with Gasteiger partial charge in [-0.3, -0.25) is 9.59 Å². The lowest BCUT2D eigenvalue weighted by Gasteiger charge is -2.21. The van der Waals surface area contributed by atoms with Gasteiger partial charge < -0.3 is 15.7 Å². The van der Waals surface area contributed by atoms with Crippen molar-refractivity contribution in [3.8, 4) is 0 Å². The summed E-state index contributed by atoms with van der Waals surface area (Å²) in [7, 11) is 0. The molecule has 2 atom stereocenters. The molecule has 0 heterocycles. The molecule has 1 rings (SSSR count). The normalized spacial score (nSPS) is 12.8. The zero-order chi connectivity index (χ0) is 17.4. The number of hydrogen-bond donors (Lipinski definition) is 3. The standard InChI is InChI=1S/C16H19BrN2O4/c1-10(17)8-14(16(22)23)19-15(21)13(18-11(2)20)9-12-6-4-3-5-7-12/h3-7,13-14H,1,8-9H2,2H3,(H,18,20)(H,19,21)(H,22,23)/t13-,14+/m1/s1. The van der Waals surface area contributed by atoms with Crippen LogP contribution >= 0.6 is 15.9 Å². The number of amides is 2. The zero-order valence-corrected chi connectivity index (χ0v) is 14.3. The van der Waals surface area contributed by atoms with Gasteiger partial charge in [0.1, 0.15) is 12.1 Å². The highest BCUT2D eigenvalue weighted by molar-refractivity contribution is 9.11. The second-order valence-corrected chi connectivity index (χ2v) is 6.19. The lowest BCUT2D eigenvalue weighted by atomic mass is 10.0. The predicted molar refractivity (Wildman–Crippen MR) is 90.0 cm³/mol. The summed E-state index contributed by atoms with van der Waals surface area (Å²) in [5, 5.41) is 14.1. The van der Waals surface area contributed by atoms with Crippen LogP contribution in [-0.2, 0) is 20.8 Å². The van der Waals surface area contributed by atoms with Crippen LogP contribution in [0.25, 0.3) is 0 Å². The fourth-order valence-electron chi connectivity index (χ4n) is 2.00. The van der Waals surface area contributed by atoms with Crippen LogP contribution in [0, 0.1) is 0 Å². The fraction of sp³-hybridized carbons (Fsp3) is 0.312. The van der Waals surface area contributed by atoms with Gasteiger partial charge in [-0.2, -0.15) is 0 Å². The molecule has 0 aliphatic rings. The van der Waals surface area contributed by atoms with Crippen LogP contribution in [0.4, 0.5) is 0 Å². The van der Waals surface area contributed by atoms with Gasteiger partial charge in [-0.15, -0.1) is 0 Å². The molecule has 0 radical (unpaired) electrons. The van der Waals surface area contributed by atoms with E-state index in [0.29, 0.717) is 4.48 Å². The molecule has 23 heavy (non-hydrogen) atoms. The van der Waals surface area contributed by atoms with Gasteiger partial charge in [-0.1, -0.05) is 52.8 Å². The first kappa shape index (κ1) is 18.9. The van der Waals surface area contributed by atoms with Crippen LogP contribution in [0.15, 0.2) is 41.4 Å². The molecule has 1 aromatic carbocycles. The van der Waals surface area contributed by atoms with Gasteiger partial charge in [-0.25, -0.2) is 4.79 Å². The number of carbonyl (C=O) groups excluding carboxylic acids is 2. The van der Waals surface area contributed by atoms with Crippen molar-refractivity contribution in [2.75, 3.05) is 0 Å². The van der Waals surface area contributed by atoms with Crippen molar-refractivity contribution < 1.29 is 19.5 Å². The molecule has 0 unspecified atom stereocenters. The first-order valence-corrected chi connectivity index (χ1v) is 7.76. The average Bonchev–Trinajstić information content (AvgIpc) is 2.45. The van der Waals surface area contributed by atoms with Crippen LogP contribution in [0.5, 0.6) is 0 Å². The molecule has 0 bridgehead atoms. The molecule has 1 aromatic rings. The SMILES string of the molecule is C=C(Br)C[C@H](NC(=O)[C@@H](Cc1ccccc1)NC(C)=O)C(=O)O. The number of carboxylic acids is 1. The predicted octanol–water partition coefficient (Wildman–Crippen LogP) is 1.60. The molecule has 0 aromatic heterocycles. The van der Waals surface area contributed by atoms with Crippen molar-refractivity contribution in [3.63, 3.8) is 0 Å². The first-order valence-electron chi connectivity index (χ1n) is 6.97. The number of halogens is 1. The van der Waals surface area contributed by atoms with Crippen LogP contribution in [0.2, 0.25) is 0 Å². The molecule has 124 valence electrons. The number of rotatable bonds is 8. The van der Waals surface area contributed by atoms with E-state index in [1.807, 2.05) is 30.3 Å². The second-order valence-electron chi connectivity index (χ2n) is 5.06. The molecule has 0 aliphatic carbocycles. The van der Waals surface area contributed by atoms with Gasteiger partial charge >= 0.3 is 5.97 Å². The number of aliphatic carboxylic acids is 1. The van der Waals surface area contributed by atoms with Gasteiger partial charge in [0.25, 0.3) is 0 Å². The largest absolute Gasteiger partial charge is 0.480 e. The maximum atomic E-state index is 12.3. The van der Waals surface area contributed by atoms with Gasteiger partial charge in [-0.05, 0) is 10.0 Å². The number of carbonyl (C=O) groups is 3. The highest BCUT2D eigenvalue weighted by Crippen LogP contribution is 2.11. The molecular formula is C16H19BrN2O4. The lowest BCUT2D eigenvalue weighted by Crippen LogP contribution is -2.52. The van der Waals surface area contributed by atoms with Crippen molar-refractivity contribution >= 4 is 33.7 Å². The summed E-state index contributed by atoms with van der Waals surface area (Å²) in [6, 6.07) is 7.20. The Kier molecular flexibility index (Phi) is 7.47. The number of nitrogens with one attached hydrogen (secondary N) is 2. The number of carboxylic acid groups (broad SMARTS) is 1. The van der Waals surface area contributed by atoms with E-state index in [2.05, 4.69) is 33.1 Å². The van der Waals surface area contributed by atoms with Crippen molar-refractivity contribution in [1.29, 1.82) is 0 Å². The highest BCUT2D eigenvalue weighted by atomic mass is 79.9. The maximum absolute atomic E-state index is 12.3. The molecule has 0 spiro atoms. The van der Waals surface area contributed by atoms with E-state index in [4.69, 9.17) is 5.11 Å². The van der Waals surface area contributed by atoms with Gasteiger partial charge in [0.2, 0.25) is 11.8 Å². The van der Waals surface area contributed by atoms with Crippen molar-refractivity contribution in [2.24, 2.45) is 0 Å². The molecular weight excluding hydrogens is 364 g/mol. The Hall–Kier alpha value is -2.15. The van der Waals surface area contributed by atoms with Crippen molar-refractivity contribution in [2.45, 2.75) is 31.8 Å². The second kappa shape index (κ2) is 9.09. The van der Waals surface area contributed by atoms with Gasteiger partial charge in [0.05, 0.1) is 0 Å². The van der Waals surface area contributed by atoms with Gasteiger partial charge in [0, 0.05) is 19.8 Å². The Bertz CT molecular complexity index is 589. The molecule has 0 aliphatic heterocycles. The minimum atomic E-state index is -1.17. The van der Waals surface area contributed by atoms with Crippen LogP contribution in [0.3, 0.4) is 0 Å². The van der Waals surface area contributed by atoms with E-state index in [-0.39, 0.29) is 18.7 Å². The Balaban J connectivity index is 2.83. The summed E-state index contributed by atoms with van der Waals surface area (Å²) in [5.74, 6) is -2.08. The zero-order valence-electron chi connectivity index (χ0n) is 12.7. The Labute approximate surface area is 143 Å². The molecule has 2 amide bonds. The summed E-state index contributed by atoms with van der Waals surface area (Å²) in [6.07, 6.45) is 0.326. The summed E-state index contributed by atoms with van der Waals surface area (Å²) in [4.78, 5) is 34.9. The van der Waals surface area contributed by atoms with Crippen molar-refractivity contribution in [1.82, 2.24) is 10.6 Å². The van der Waals surface area contributed by atoms with E-state index in [1.165, 1.54) is 6.92 Å². The van der Waals surface area contributed by atoms with Crippen LogP contribution < -0.4 is 10.6 Å². The molecule has 0 fully saturated rings. The van der Waals surface area contributed by atoms with E-state index >= 15 is 0 Å². The molecule has 0 saturated carbocycles. The van der Waals surface area contributed by atoms with E-state index in [9.17, 15) is 14.4 Å². The third-order valence-electron chi connectivity index (χ3n) is 3.02. The fourth-order valence-corrected chi connectivity index (χ4v) is 2.32. The van der Waals surface area contributed by atoms with Gasteiger partial charge in [0.15, 0.2) is 0 Å². The minimum Gasteiger partial charge on any atom is -0.480 e. The Morgan fingerprint density at radius 1 is 1.17 bits per heavy atom. The Morgan fingerprint density at radius 2 is 1.78 bits per heavy atom. The average molecular weight is 383 g/mol. The minimum absolute atomic E-state index is 0.0548. The van der Waals surface area contributed by atoms with E-state index < -0.39 is 24.0 Å². The van der Waals surface area contributed by atoms with Crippen LogP contribution in [0.1, 0.15) is 18.9 Å². The topological polar surface area (TPSA) is 95.5 Å². The summed E-state index contributed by atoms with van der Waals surface area (Å²) >= 11 is 3.09. The Morgan fingerprint density at radius 3 is 2.26 bits per heavy atom. The molecule has 0 saturated heterocycles. The highest BCUT2D eigenvalue weighted by Gasteiger charge is 2.26. The molecule has 7 heteroatoms. The lowest BCUT2D eigenvalue weighted by molar-refractivity contribution is -0.142. The smallest absolute Gasteiger partial charge is 0.326 e. The monoisotopic (exact) mass is 382 g/mol. The first-order chi connectivity index (χ1) is 10.8. The number of hydrogen-bond acceptors (Lipinski definition) is 3. The number of benzene rings is 1. The maximum Gasteiger partial charge on any atom is 0.326 e. The van der Waals surface area contributed by atoms with E-state index in [0.717, 1.165) is 5.56 Å². The van der Waals surface area contributed by atoms with Crippen molar-refractivity contribution in [3.05, 3.63) is 47.0 Å². The van der Waals surface area contributed by atoms with Crippen LogP contribution in [-0.4, -0.2) is 35.0 Å². The molecule has 6 nitrogen and oxygen atoms in total. The summed E-state index contributed by atoms with van der Waals surface area (Å²) in [6.45, 7) is 4.88. The third-order valence-corrected chi connectivity index (χ3v) is 3.34.